The summed E-state index contributed by atoms with van der Waals surface area (Å²) in [5.41, 5.74) is 4.00. The number of hydrogen-bond donors (Lipinski definition) is 2. The van der Waals surface area contributed by atoms with Crippen LogP contribution in [-0.4, -0.2) is 33.9 Å². The Labute approximate surface area is 123 Å². The predicted molar refractivity (Wildman–Crippen MR) is 79.5 cm³/mol. The van der Waals surface area contributed by atoms with Gasteiger partial charge >= 0.3 is 0 Å². The molecule has 1 amide bonds. The van der Waals surface area contributed by atoms with Gasteiger partial charge < -0.3 is 10.3 Å². The van der Waals surface area contributed by atoms with Crippen LogP contribution in [0.15, 0.2) is 42.7 Å². The van der Waals surface area contributed by atoms with Crippen LogP contribution in [0.4, 0.5) is 5.82 Å². The lowest BCUT2D eigenvalue weighted by Gasteiger charge is -2.16. The average molecular weight is 283 g/mol. The van der Waals surface area contributed by atoms with Crippen molar-refractivity contribution in [3.05, 3.63) is 54.0 Å². The van der Waals surface area contributed by atoms with Gasteiger partial charge in [0.2, 0.25) is 0 Å². The van der Waals surface area contributed by atoms with E-state index < -0.39 is 0 Å². The van der Waals surface area contributed by atoms with Crippen LogP contribution in [0.1, 0.15) is 28.4 Å². The second-order valence-electron chi connectivity index (χ2n) is 5.08. The molecule has 6 nitrogen and oxygen atoms in total. The molecule has 1 saturated heterocycles. The molecule has 1 aromatic heterocycles. The maximum absolute atomic E-state index is 12.4. The molecule has 1 fully saturated rings. The van der Waals surface area contributed by atoms with Crippen molar-refractivity contribution in [3.63, 3.8) is 0 Å². The highest BCUT2D eigenvalue weighted by molar-refractivity contribution is 5.92. The largest absolute Gasteiger partial charge is 0.337 e. The smallest absolute Gasteiger partial charge is 0.274 e. The van der Waals surface area contributed by atoms with Crippen molar-refractivity contribution < 1.29 is 4.79 Å². The van der Waals surface area contributed by atoms with E-state index in [1.165, 1.54) is 18.0 Å². The van der Waals surface area contributed by atoms with E-state index in [-0.39, 0.29) is 5.91 Å². The Bertz CT molecular complexity index is 631. The second kappa shape index (κ2) is 5.88. The van der Waals surface area contributed by atoms with E-state index in [1.54, 1.807) is 0 Å². The number of anilines is 1. The number of nitrogen functional groups attached to an aromatic ring is 1. The summed E-state index contributed by atoms with van der Waals surface area (Å²) in [5, 5.41) is 0. The van der Waals surface area contributed by atoms with Gasteiger partial charge in [0.05, 0.1) is 12.4 Å². The number of nitrogens with one attached hydrogen (secondary N) is 1. The topological polar surface area (TPSA) is 84.1 Å². The monoisotopic (exact) mass is 283 g/mol. The van der Waals surface area contributed by atoms with Crippen LogP contribution in [0.2, 0.25) is 0 Å². The summed E-state index contributed by atoms with van der Waals surface area (Å²) in [7, 11) is 0. The molecule has 2 heterocycles. The molecular formula is C15H17N5O. The van der Waals surface area contributed by atoms with Crippen molar-refractivity contribution in [2.75, 3.05) is 18.5 Å². The number of nitrogens with zero attached hydrogens (tertiary/aromatic N) is 3. The zero-order valence-corrected chi connectivity index (χ0v) is 11.6. The van der Waals surface area contributed by atoms with Gasteiger partial charge in [-0.15, -0.1) is 0 Å². The van der Waals surface area contributed by atoms with E-state index in [9.17, 15) is 4.79 Å². The molecule has 6 heteroatoms. The van der Waals surface area contributed by atoms with Gasteiger partial charge in [0.15, 0.2) is 5.82 Å². The van der Waals surface area contributed by atoms with Gasteiger partial charge in [-0.25, -0.2) is 10.8 Å². The minimum Gasteiger partial charge on any atom is -0.337 e. The number of likely N-dealkylation sites (tertiary alicyclic amines) is 1. The van der Waals surface area contributed by atoms with Crippen LogP contribution >= 0.6 is 0 Å². The van der Waals surface area contributed by atoms with Gasteiger partial charge in [0, 0.05) is 19.0 Å². The van der Waals surface area contributed by atoms with E-state index in [1.807, 2.05) is 23.1 Å². The summed E-state index contributed by atoms with van der Waals surface area (Å²) in [6.07, 6.45) is 3.92. The number of aromatic nitrogens is 2. The van der Waals surface area contributed by atoms with Crippen molar-refractivity contribution in [2.24, 2.45) is 5.84 Å². The predicted octanol–water partition coefficient (Wildman–Crippen LogP) is 1.39. The minimum atomic E-state index is -0.0990. The van der Waals surface area contributed by atoms with Crippen molar-refractivity contribution in [1.82, 2.24) is 14.9 Å². The Hall–Kier alpha value is -2.47. The second-order valence-corrected chi connectivity index (χ2v) is 5.08. The SMILES string of the molecule is NNc1cncc(C(=O)N2CCC(c3ccccc3)C2)n1. The first-order valence-corrected chi connectivity index (χ1v) is 6.91. The van der Waals surface area contributed by atoms with Crippen molar-refractivity contribution in [1.29, 1.82) is 0 Å². The highest BCUT2D eigenvalue weighted by Crippen LogP contribution is 2.27. The summed E-state index contributed by atoms with van der Waals surface area (Å²) in [5.74, 6) is 5.97. The molecule has 0 spiro atoms. The van der Waals surface area contributed by atoms with Gasteiger partial charge in [-0.2, -0.15) is 0 Å². The minimum absolute atomic E-state index is 0.0990. The first-order valence-electron chi connectivity index (χ1n) is 6.91. The lowest BCUT2D eigenvalue weighted by Crippen LogP contribution is -2.29. The fraction of sp³-hybridized carbons (Fsp3) is 0.267. The van der Waals surface area contributed by atoms with Gasteiger partial charge in [-0.3, -0.25) is 9.78 Å². The molecule has 0 radical (unpaired) electrons. The fourth-order valence-electron chi connectivity index (χ4n) is 2.64. The third-order valence-electron chi connectivity index (χ3n) is 3.75. The Morgan fingerprint density at radius 3 is 2.86 bits per heavy atom. The molecular weight excluding hydrogens is 266 g/mol. The number of benzene rings is 1. The van der Waals surface area contributed by atoms with E-state index >= 15 is 0 Å². The number of carbonyl (C=O) groups excluding carboxylic acids is 1. The van der Waals surface area contributed by atoms with E-state index in [0.29, 0.717) is 24.0 Å². The normalized spacial score (nSPS) is 17.8. The molecule has 1 aliphatic heterocycles. The third-order valence-corrected chi connectivity index (χ3v) is 3.75. The molecule has 1 aromatic carbocycles. The number of rotatable bonds is 3. The molecule has 3 rings (SSSR count). The van der Waals surface area contributed by atoms with Crippen LogP contribution in [0.3, 0.4) is 0 Å². The fourth-order valence-corrected chi connectivity index (χ4v) is 2.64. The Kier molecular flexibility index (Phi) is 3.79. The Morgan fingerprint density at radius 1 is 1.29 bits per heavy atom. The average Bonchev–Trinajstić information content (AvgIpc) is 3.05. The van der Waals surface area contributed by atoms with E-state index in [0.717, 1.165) is 13.0 Å². The van der Waals surface area contributed by atoms with Crippen molar-refractivity contribution >= 4 is 11.7 Å². The molecule has 0 saturated carbocycles. The number of amides is 1. The van der Waals surface area contributed by atoms with Gasteiger partial charge in [-0.1, -0.05) is 30.3 Å². The lowest BCUT2D eigenvalue weighted by molar-refractivity contribution is 0.0784. The Morgan fingerprint density at radius 2 is 2.10 bits per heavy atom. The lowest BCUT2D eigenvalue weighted by atomic mass is 9.99. The quantitative estimate of drug-likeness (QED) is 0.657. The number of hydrazine groups is 1. The van der Waals surface area contributed by atoms with Crippen molar-refractivity contribution in [3.8, 4) is 0 Å². The summed E-state index contributed by atoms with van der Waals surface area (Å²) >= 11 is 0. The third kappa shape index (κ3) is 2.85. The number of hydrogen-bond acceptors (Lipinski definition) is 5. The zero-order chi connectivity index (χ0) is 14.7. The summed E-state index contributed by atoms with van der Waals surface area (Å²) < 4.78 is 0. The van der Waals surface area contributed by atoms with Crippen LogP contribution in [0.5, 0.6) is 0 Å². The summed E-state index contributed by atoms with van der Waals surface area (Å²) in [4.78, 5) is 22.4. The molecule has 3 N–H and O–H groups in total. The molecule has 0 bridgehead atoms. The molecule has 2 aromatic rings. The number of carbonyl (C=O) groups is 1. The molecule has 1 unspecified atom stereocenters. The molecule has 1 atom stereocenters. The molecule has 1 aliphatic rings. The first kappa shape index (κ1) is 13.5. The molecule has 108 valence electrons. The van der Waals surface area contributed by atoms with Gasteiger partial charge in [-0.05, 0) is 12.0 Å². The van der Waals surface area contributed by atoms with Crippen molar-refractivity contribution in [2.45, 2.75) is 12.3 Å². The summed E-state index contributed by atoms with van der Waals surface area (Å²) in [6, 6.07) is 10.3. The van der Waals surface area contributed by atoms with Crippen LogP contribution in [-0.2, 0) is 0 Å². The molecule has 0 aliphatic carbocycles. The van der Waals surface area contributed by atoms with Gasteiger partial charge in [0.25, 0.3) is 5.91 Å². The zero-order valence-electron chi connectivity index (χ0n) is 11.6. The highest BCUT2D eigenvalue weighted by atomic mass is 16.2. The highest BCUT2D eigenvalue weighted by Gasteiger charge is 2.28. The van der Waals surface area contributed by atoms with E-state index in [4.69, 9.17) is 5.84 Å². The maximum Gasteiger partial charge on any atom is 0.274 e. The number of nitrogens with two attached hydrogens (primary N) is 1. The standard InChI is InChI=1S/C15H17N5O/c16-19-14-9-17-8-13(18-14)15(21)20-7-6-12(10-20)11-4-2-1-3-5-11/h1-5,8-9,12H,6-7,10,16H2,(H,18,19). The van der Waals surface area contributed by atoms with E-state index in [2.05, 4.69) is 27.5 Å². The van der Waals surface area contributed by atoms with Crippen LogP contribution < -0.4 is 11.3 Å². The van der Waals surface area contributed by atoms with Crippen LogP contribution in [0, 0.1) is 0 Å². The first-order chi connectivity index (χ1) is 10.3. The maximum atomic E-state index is 12.4. The summed E-state index contributed by atoms with van der Waals surface area (Å²) in [6.45, 7) is 1.45. The Balaban J connectivity index is 1.72. The van der Waals surface area contributed by atoms with Crippen LogP contribution in [0.25, 0.3) is 0 Å². The molecule has 21 heavy (non-hydrogen) atoms. The van der Waals surface area contributed by atoms with Gasteiger partial charge in [0.1, 0.15) is 5.69 Å².